The standard InChI is InChI=1S/C13H8Br2FNO3/c14-6-1-2-11(8(15)3-6)20-12-5-9(16)7(13(18)19)4-10(12)17/h1-5H,17H2,(H,18,19). The summed E-state index contributed by atoms with van der Waals surface area (Å²) >= 11 is 6.60. The molecule has 0 radical (unpaired) electrons. The predicted molar refractivity (Wildman–Crippen MR) is 79.7 cm³/mol. The van der Waals surface area contributed by atoms with Crippen LogP contribution in [0.2, 0.25) is 0 Å². The van der Waals surface area contributed by atoms with Gasteiger partial charge in [-0.05, 0) is 40.2 Å². The maximum absolute atomic E-state index is 13.6. The van der Waals surface area contributed by atoms with Crippen LogP contribution in [0, 0.1) is 5.82 Å². The van der Waals surface area contributed by atoms with E-state index in [4.69, 9.17) is 15.6 Å². The van der Waals surface area contributed by atoms with Crippen molar-refractivity contribution in [3.63, 3.8) is 0 Å². The number of hydrogen-bond donors (Lipinski definition) is 2. The predicted octanol–water partition coefficient (Wildman–Crippen LogP) is 4.42. The number of halogens is 3. The second-order valence-electron chi connectivity index (χ2n) is 3.85. The molecule has 0 spiro atoms. The number of rotatable bonds is 3. The molecule has 0 aliphatic heterocycles. The number of anilines is 1. The van der Waals surface area contributed by atoms with Gasteiger partial charge in [0.2, 0.25) is 0 Å². The van der Waals surface area contributed by atoms with Gasteiger partial charge in [-0.2, -0.15) is 0 Å². The highest BCUT2D eigenvalue weighted by atomic mass is 79.9. The highest BCUT2D eigenvalue weighted by Gasteiger charge is 2.15. The van der Waals surface area contributed by atoms with Gasteiger partial charge >= 0.3 is 5.97 Å². The summed E-state index contributed by atoms with van der Waals surface area (Å²) in [6, 6.07) is 7.15. The zero-order valence-corrected chi connectivity index (χ0v) is 13.0. The van der Waals surface area contributed by atoms with E-state index in [0.717, 1.165) is 16.6 Å². The molecule has 0 saturated heterocycles. The van der Waals surface area contributed by atoms with E-state index >= 15 is 0 Å². The van der Waals surface area contributed by atoms with E-state index in [0.29, 0.717) is 10.2 Å². The lowest BCUT2D eigenvalue weighted by molar-refractivity contribution is 0.0692. The molecule has 0 aliphatic carbocycles. The van der Waals surface area contributed by atoms with E-state index in [-0.39, 0.29) is 11.4 Å². The van der Waals surface area contributed by atoms with E-state index in [2.05, 4.69) is 31.9 Å². The molecule has 0 aliphatic rings. The number of nitrogens with two attached hydrogens (primary N) is 1. The van der Waals surface area contributed by atoms with Crippen LogP contribution in [0.5, 0.6) is 11.5 Å². The lowest BCUT2D eigenvalue weighted by atomic mass is 10.1. The molecular formula is C13H8Br2FNO3. The molecule has 0 atom stereocenters. The summed E-state index contributed by atoms with van der Waals surface area (Å²) in [6.45, 7) is 0. The number of carboxylic acids is 1. The van der Waals surface area contributed by atoms with Crippen molar-refractivity contribution in [1.29, 1.82) is 0 Å². The molecule has 2 rings (SSSR count). The van der Waals surface area contributed by atoms with E-state index in [9.17, 15) is 9.18 Å². The summed E-state index contributed by atoms with van der Waals surface area (Å²) in [5.41, 5.74) is 5.22. The van der Waals surface area contributed by atoms with Gasteiger partial charge in [0.1, 0.15) is 11.6 Å². The fraction of sp³-hybridized carbons (Fsp3) is 0. The number of ether oxygens (including phenoxy) is 1. The molecule has 0 amide bonds. The van der Waals surface area contributed by atoms with Crippen molar-refractivity contribution >= 4 is 43.5 Å². The summed E-state index contributed by atoms with van der Waals surface area (Å²) in [7, 11) is 0. The van der Waals surface area contributed by atoms with E-state index in [1.165, 1.54) is 0 Å². The Labute approximate surface area is 130 Å². The van der Waals surface area contributed by atoms with Gasteiger partial charge in [0.25, 0.3) is 0 Å². The first-order valence-electron chi connectivity index (χ1n) is 5.33. The van der Waals surface area contributed by atoms with Gasteiger partial charge in [-0.15, -0.1) is 0 Å². The normalized spacial score (nSPS) is 10.3. The Bertz CT molecular complexity index is 692. The van der Waals surface area contributed by atoms with E-state index in [1.807, 2.05) is 0 Å². The number of hydrogen-bond acceptors (Lipinski definition) is 3. The van der Waals surface area contributed by atoms with Crippen molar-refractivity contribution in [2.24, 2.45) is 0 Å². The zero-order valence-electron chi connectivity index (χ0n) is 9.86. The highest BCUT2D eigenvalue weighted by Crippen LogP contribution is 2.35. The second-order valence-corrected chi connectivity index (χ2v) is 5.62. The molecule has 104 valence electrons. The average molecular weight is 405 g/mol. The quantitative estimate of drug-likeness (QED) is 0.742. The van der Waals surface area contributed by atoms with E-state index < -0.39 is 17.3 Å². The van der Waals surface area contributed by atoms with Gasteiger partial charge in [0.05, 0.1) is 15.7 Å². The Hall–Kier alpha value is -1.60. The van der Waals surface area contributed by atoms with Crippen molar-refractivity contribution in [3.05, 3.63) is 50.7 Å². The van der Waals surface area contributed by atoms with Crippen LogP contribution in [0.25, 0.3) is 0 Å². The van der Waals surface area contributed by atoms with Crippen LogP contribution in [0.3, 0.4) is 0 Å². The Balaban J connectivity index is 2.39. The van der Waals surface area contributed by atoms with Gasteiger partial charge in [0, 0.05) is 10.5 Å². The molecule has 7 heteroatoms. The minimum Gasteiger partial charge on any atom is -0.478 e. The molecule has 0 saturated carbocycles. The molecular weight excluding hydrogens is 397 g/mol. The minimum atomic E-state index is -1.38. The van der Waals surface area contributed by atoms with Gasteiger partial charge < -0.3 is 15.6 Å². The van der Waals surface area contributed by atoms with Crippen molar-refractivity contribution in [3.8, 4) is 11.5 Å². The third-order valence-corrected chi connectivity index (χ3v) is 3.56. The SMILES string of the molecule is Nc1cc(C(=O)O)c(F)cc1Oc1ccc(Br)cc1Br. The molecule has 3 N–H and O–H groups in total. The lowest BCUT2D eigenvalue weighted by Gasteiger charge is -2.11. The first kappa shape index (κ1) is 14.8. The number of carbonyl (C=O) groups is 1. The van der Waals surface area contributed by atoms with Crippen LogP contribution in [0.1, 0.15) is 10.4 Å². The molecule has 0 heterocycles. The number of benzene rings is 2. The first-order valence-corrected chi connectivity index (χ1v) is 6.92. The lowest BCUT2D eigenvalue weighted by Crippen LogP contribution is -2.03. The third-order valence-electron chi connectivity index (χ3n) is 2.44. The average Bonchev–Trinajstić information content (AvgIpc) is 2.36. The Morgan fingerprint density at radius 1 is 1.20 bits per heavy atom. The van der Waals surface area contributed by atoms with Gasteiger partial charge in [-0.25, -0.2) is 9.18 Å². The van der Waals surface area contributed by atoms with Gasteiger partial charge in [-0.3, -0.25) is 0 Å². The van der Waals surface area contributed by atoms with Crippen molar-refractivity contribution in [2.75, 3.05) is 5.73 Å². The third kappa shape index (κ3) is 3.10. The molecule has 0 fully saturated rings. The first-order chi connectivity index (χ1) is 9.38. The number of nitrogen functional groups attached to an aromatic ring is 1. The van der Waals surface area contributed by atoms with Gasteiger partial charge in [-0.1, -0.05) is 15.9 Å². The maximum atomic E-state index is 13.6. The number of aromatic carboxylic acids is 1. The van der Waals surface area contributed by atoms with Crippen LogP contribution in [-0.4, -0.2) is 11.1 Å². The maximum Gasteiger partial charge on any atom is 0.338 e. The summed E-state index contributed by atoms with van der Waals surface area (Å²) in [5, 5.41) is 8.80. The molecule has 4 nitrogen and oxygen atoms in total. The highest BCUT2D eigenvalue weighted by molar-refractivity contribution is 9.11. The summed E-state index contributed by atoms with van der Waals surface area (Å²) in [5.74, 6) is -1.81. The summed E-state index contributed by atoms with van der Waals surface area (Å²) in [4.78, 5) is 10.8. The Kier molecular flexibility index (Phi) is 4.29. The molecule has 2 aromatic carbocycles. The fourth-order valence-electron chi connectivity index (χ4n) is 1.50. The minimum absolute atomic E-state index is 0.0404. The van der Waals surface area contributed by atoms with Crippen LogP contribution in [-0.2, 0) is 0 Å². The smallest absolute Gasteiger partial charge is 0.338 e. The van der Waals surface area contributed by atoms with Crippen LogP contribution in [0.4, 0.5) is 10.1 Å². The molecule has 20 heavy (non-hydrogen) atoms. The number of carboxylic acid groups (broad SMARTS) is 1. The molecule has 0 bridgehead atoms. The topological polar surface area (TPSA) is 72.6 Å². The van der Waals surface area contributed by atoms with Crippen LogP contribution >= 0.6 is 31.9 Å². The summed E-state index contributed by atoms with van der Waals surface area (Å²) < 4.78 is 20.6. The largest absolute Gasteiger partial charge is 0.478 e. The Morgan fingerprint density at radius 3 is 2.50 bits per heavy atom. The van der Waals surface area contributed by atoms with Crippen LogP contribution < -0.4 is 10.5 Å². The molecule has 2 aromatic rings. The van der Waals surface area contributed by atoms with E-state index in [1.54, 1.807) is 18.2 Å². The molecule has 0 aromatic heterocycles. The monoisotopic (exact) mass is 403 g/mol. The van der Waals surface area contributed by atoms with Crippen molar-refractivity contribution < 1.29 is 19.0 Å². The fourth-order valence-corrected chi connectivity index (χ4v) is 2.63. The Morgan fingerprint density at radius 2 is 1.90 bits per heavy atom. The van der Waals surface area contributed by atoms with Crippen molar-refractivity contribution in [1.82, 2.24) is 0 Å². The summed E-state index contributed by atoms with van der Waals surface area (Å²) in [6.07, 6.45) is 0. The van der Waals surface area contributed by atoms with Gasteiger partial charge in [0.15, 0.2) is 5.75 Å². The van der Waals surface area contributed by atoms with Crippen molar-refractivity contribution in [2.45, 2.75) is 0 Å². The zero-order chi connectivity index (χ0) is 14.9. The van der Waals surface area contributed by atoms with Crippen LogP contribution in [0.15, 0.2) is 39.3 Å². The second kappa shape index (κ2) is 5.80. The molecule has 0 unspecified atom stereocenters.